The molecule has 0 aliphatic heterocycles. The van der Waals surface area contributed by atoms with Gasteiger partial charge in [0.25, 0.3) is 0 Å². The van der Waals surface area contributed by atoms with E-state index < -0.39 is 0 Å². The molecule has 1 nitrogen and oxygen atoms in total. The second kappa shape index (κ2) is 3.42. The lowest BCUT2D eigenvalue weighted by Gasteiger charge is -2.23. The quantitative estimate of drug-likeness (QED) is 0.441. The fraction of sp³-hybridized carbons (Fsp3) is 0.727. The summed E-state index contributed by atoms with van der Waals surface area (Å²) in [5.41, 5.74) is 1.21. The van der Waals surface area contributed by atoms with Crippen LogP contribution in [0.2, 0.25) is 0 Å². The molecule has 0 saturated carbocycles. The number of nitrogens with zero attached hydrogens (tertiary/aromatic N) is 1. The highest BCUT2D eigenvalue weighted by molar-refractivity contribution is 5.87. The van der Waals surface area contributed by atoms with Crippen molar-refractivity contribution >= 4 is 5.71 Å². The van der Waals surface area contributed by atoms with E-state index in [0.29, 0.717) is 0 Å². The van der Waals surface area contributed by atoms with Crippen LogP contribution in [-0.2, 0) is 0 Å². The van der Waals surface area contributed by atoms with Gasteiger partial charge in [-0.1, -0.05) is 26.8 Å². The van der Waals surface area contributed by atoms with Gasteiger partial charge in [0.1, 0.15) is 0 Å². The summed E-state index contributed by atoms with van der Waals surface area (Å²) in [4.78, 5) is 4.60. The molecule has 0 rings (SSSR count). The van der Waals surface area contributed by atoms with Crippen molar-refractivity contribution in [2.45, 2.75) is 47.1 Å². The van der Waals surface area contributed by atoms with Crippen molar-refractivity contribution in [1.82, 2.24) is 0 Å². The van der Waals surface area contributed by atoms with E-state index in [9.17, 15) is 0 Å². The van der Waals surface area contributed by atoms with Crippen LogP contribution in [-0.4, -0.2) is 11.3 Å². The summed E-state index contributed by atoms with van der Waals surface area (Å²) in [5.74, 6) is 0. The summed E-state index contributed by atoms with van der Waals surface area (Å²) in [6.07, 6.45) is 1.88. The van der Waals surface area contributed by atoms with E-state index in [0.717, 1.165) is 0 Å². The fourth-order valence-corrected chi connectivity index (χ4v) is 0.646. The zero-order valence-corrected chi connectivity index (χ0v) is 9.23. The van der Waals surface area contributed by atoms with Crippen LogP contribution in [0.3, 0.4) is 0 Å². The third kappa shape index (κ3) is 3.70. The SMILES string of the molecule is C=CC(C)(C)N=C(C)C(C)(C)C. The molecule has 0 unspecified atom stereocenters. The molecule has 1 heteroatoms. The number of hydrogen-bond donors (Lipinski definition) is 0. The number of rotatable bonds is 2. The van der Waals surface area contributed by atoms with Gasteiger partial charge in [-0.25, -0.2) is 0 Å². The van der Waals surface area contributed by atoms with Crippen molar-refractivity contribution < 1.29 is 0 Å². The first-order valence-electron chi connectivity index (χ1n) is 4.39. The summed E-state index contributed by atoms with van der Waals surface area (Å²) < 4.78 is 0. The molecule has 0 aliphatic carbocycles. The van der Waals surface area contributed by atoms with Gasteiger partial charge in [0, 0.05) is 5.71 Å². The predicted molar refractivity (Wildman–Crippen MR) is 56.8 cm³/mol. The van der Waals surface area contributed by atoms with Crippen LogP contribution in [0.1, 0.15) is 41.5 Å². The van der Waals surface area contributed by atoms with Gasteiger partial charge in [0.2, 0.25) is 0 Å². The number of hydrogen-bond acceptors (Lipinski definition) is 1. The second-order valence-electron chi connectivity index (χ2n) is 4.81. The van der Waals surface area contributed by atoms with Gasteiger partial charge in [-0.2, -0.15) is 0 Å². The molecule has 0 aromatic heterocycles. The lowest BCUT2D eigenvalue weighted by atomic mass is 9.90. The molecular weight excluding hydrogens is 146 g/mol. The summed E-state index contributed by atoms with van der Waals surface area (Å²) in [7, 11) is 0. The van der Waals surface area contributed by atoms with Gasteiger partial charge >= 0.3 is 0 Å². The van der Waals surface area contributed by atoms with Crippen LogP contribution in [0.4, 0.5) is 0 Å². The minimum absolute atomic E-state index is 0.128. The molecule has 0 aromatic carbocycles. The lowest BCUT2D eigenvalue weighted by Crippen LogP contribution is -2.23. The molecule has 0 bridgehead atoms. The Labute approximate surface area is 76.6 Å². The van der Waals surface area contributed by atoms with E-state index in [2.05, 4.69) is 53.1 Å². The van der Waals surface area contributed by atoms with Crippen LogP contribution in [0.25, 0.3) is 0 Å². The third-order valence-corrected chi connectivity index (χ3v) is 2.04. The first kappa shape index (κ1) is 11.4. The van der Waals surface area contributed by atoms with Crippen LogP contribution >= 0.6 is 0 Å². The maximum atomic E-state index is 4.60. The van der Waals surface area contributed by atoms with Crippen LogP contribution in [0.15, 0.2) is 17.6 Å². The van der Waals surface area contributed by atoms with E-state index in [4.69, 9.17) is 0 Å². The smallest absolute Gasteiger partial charge is 0.0728 e. The van der Waals surface area contributed by atoms with E-state index in [1.165, 1.54) is 5.71 Å². The molecule has 0 radical (unpaired) electrons. The Hall–Kier alpha value is -0.590. The van der Waals surface area contributed by atoms with Gasteiger partial charge in [-0.15, -0.1) is 6.58 Å². The van der Waals surface area contributed by atoms with Gasteiger partial charge in [0.15, 0.2) is 0 Å². The highest BCUT2D eigenvalue weighted by atomic mass is 14.8. The van der Waals surface area contributed by atoms with Gasteiger partial charge in [0.05, 0.1) is 5.54 Å². The first-order chi connectivity index (χ1) is 5.19. The Morgan fingerprint density at radius 3 is 1.83 bits per heavy atom. The van der Waals surface area contributed by atoms with Gasteiger partial charge in [-0.05, 0) is 26.2 Å². The van der Waals surface area contributed by atoms with Crippen molar-refractivity contribution in [3.8, 4) is 0 Å². The van der Waals surface area contributed by atoms with Crippen molar-refractivity contribution in [2.75, 3.05) is 0 Å². The monoisotopic (exact) mass is 167 g/mol. The minimum atomic E-state index is -0.128. The largest absolute Gasteiger partial charge is 0.284 e. The summed E-state index contributed by atoms with van der Waals surface area (Å²) in [5, 5.41) is 0. The molecule has 0 heterocycles. The molecule has 0 saturated heterocycles. The Bertz CT molecular complexity index is 192. The van der Waals surface area contributed by atoms with E-state index in [1.54, 1.807) is 0 Å². The molecule has 70 valence electrons. The average molecular weight is 167 g/mol. The lowest BCUT2D eigenvalue weighted by molar-refractivity contribution is 0.563. The highest BCUT2D eigenvalue weighted by Gasteiger charge is 2.18. The standard InChI is InChI=1S/C11H21N/c1-8-11(6,7)12-9(2)10(3,4)5/h8H,1H2,2-7H3. The minimum Gasteiger partial charge on any atom is -0.284 e. The van der Waals surface area contributed by atoms with Gasteiger partial charge in [-0.3, -0.25) is 4.99 Å². The zero-order valence-electron chi connectivity index (χ0n) is 9.23. The predicted octanol–water partition coefficient (Wildman–Crippen LogP) is 3.46. The summed E-state index contributed by atoms with van der Waals surface area (Å²) in [6.45, 7) is 16.5. The second-order valence-corrected chi connectivity index (χ2v) is 4.81. The molecule has 0 aliphatic rings. The molecule has 12 heavy (non-hydrogen) atoms. The Morgan fingerprint density at radius 2 is 1.58 bits per heavy atom. The van der Waals surface area contributed by atoms with Crippen LogP contribution < -0.4 is 0 Å². The van der Waals surface area contributed by atoms with Crippen molar-refractivity contribution in [3.05, 3.63) is 12.7 Å². The average Bonchev–Trinajstić information content (AvgIpc) is 1.85. The van der Waals surface area contributed by atoms with E-state index in [-0.39, 0.29) is 11.0 Å². The van der Waals surface area contributed by atoms with Crippen molar-refractivity contribution in [1.29, 1.82) is 0 Å². The molecule has 0 N–H and O–H groups in total. The zero-order chi connectivity index (χ0) is 9.99. The van der Waals surface area contributed by atoms with E-state index >= 15 is 0 Å². The van der Waals surface area contributed by atoms with Crippen LogP contribution in [0.5, 0.6) is 0 Å². The van der Waals surface area contributed by atoms with E-state index in [1.807, 2.05) is 6.08 Å². The summed E-state index contributed by atoms with van der Waals surface area (Å²) >= 11 is 0. The molecular formula is C11H21N. The third-order valence-electron chi connectivity index (χ3n) is 2.04. The maximum absolute atomic E-state index is 4.60. The van der Waals surface area contributed by atoms with Gasteiger partial charge < -0.3 is 0 Å². The first-order valence-corrected chi connectivity index (χ1v) is 4.39. The Kier molecular flexibility index (Phi) is 3.25. The topological polar surface area (TPSA) is 12.4 Å². The van der Waals surface area contributed by atoms with Crippen LogP contribution in [0, 0.1) is 5.41 Å². The van der Waals surface area contributed by atoms with Crippen molar-refractivity contribution in [3.63, 3.8) is 0 Å². The normalized spacial score (nSPS) is 14.7. The molecule has 0 aromatic rings. The highest BCUT2D eigenvalue weighted by Crippen LogP contribution is 2.20. The Balaban J connectivity index is 4.68. The molecule has 0 amide bonds. The maximum Gasteiger partial charge on any atom is 0.0728 e. The summed E-state index contributed by atoms with van der Waals surface area (Å²) in [6, 6.07) is 0. The Morgan fingerprint density at radius 1 is 1.17 bits per heavy atom. The molecule has 0 spiro atoms. The molecule has 0 fully saturated rings. The van der Waals surface area contributed by atoms with Crippen molar-refractivity contribution in [2.24, 2.45) is 10.4 Å². The fourth-order valence-electron chi connectivity index (χ4n) is 0.646. The molecule has 0 atom stereocenters. The number of aliphatic imine (C=N–C) groups is 1.